The number of hydrogen-bond acceptors (Lipinski definition) is 6. The molecular weight excluding hydrogens is 446 g/mol. The summed E-state index contributed by atoms with van der Waals surface area (Å²) in [4.78, 5) is 28.0. The van der Waals surface area contributed by atoms with Crippen LogP contribution in [0.25, 0.3) is 6.08 Å². The molecule has 0 amide bonds. The molecule has 0 radical (unpaired) electrons. The van der Waals surface area contributed by atoms with E-state index in [1.807, 2.05) is 59.5 Å². The minimum absolute atomic E-state index is 0.352. The Balaban J connectivity index is 1.48. The van der Waals surface area contributed by atoms with Crippen molar-refractivity contribution in [1.82, 2.24) is 4.90 Å². The molecule has 0 fully saturated rings. The molecule has 1 aliphatic heterocycles. The van der Waals surface area contributed by atoms with Crippen LogP contribution in [0.5, 0.6) is 5.06 Å². The van der Waals surface area contributed by atoms with Gasteiger partial charge in [-0.05, 0) is 41.3 Å². The second-order valence-electron chi connectivity index (χ2n) is 7.35. The van der Waals surface area contributed by atoms with Gasteiger partial charge in [0, 0.05) is 29.1 Å². The van der Waals surface area contributed by atoms with E-state index in [0.717, 1.165) is 28.0 Å². The van der Waals surface area contributed by atoms with Crippen molar-refractivity contribution < 1.29 is 19.1 Å². The fourth-order valence-electron chi connectivity index (χ4n) is 3.74. The molecule has 164 valence electrons. The molecule has 3 aromatic rings. The first kappa shape index (κ1) is 22.3. The molecule has 0 saturated carbocycles. The number of rotatable bonds is 6. The lowest BCUT2D eigenvalue weighted by Gasteiger charge is -2.33. The lowest BCUT2D eigenvalue weighted by molar-refractivity contribution is -0.147. The zero-order chi connectivity index (χ0) is 22.5. The Bertz CT molecular complexity index is 1140. The molecule has 0 aliphatic carbocycles. The van der Waals surface area contributed by atoms with E-state index in [1.54, 1.807) is 12.1 Å². The van der Waals surface area contributed by atoms with Crippen LogP contribution in [0.2, 0.25) is 5.02 Å². The topological polar surface area (TPSA) is 55.8 Å². The van der Waals surface area contributed by atoms with Gasteiger partial charge >= 0.3 is 11.9 Å². The van der Waals surface area contributed by atoms with E-state index in [-0.39, 0.29) is 5.97 Å². The van der Waals surface area contributed by atoms with Crippen molar-refractivity contribution in [2.75, 3.05) is 13.7 Å². The lowest BCUT2D eigenvalue weighted by Crippen LogP contribution is -2.38. The van der Waals surface area contributed by atoms with Crippen molar-refractivity contribution in [3.63, 3.8) is 0 Å². The predicted octanol–water partition coefficient (Wildman–Crippen LogP) is 5.29. The Morgan fingerprint density at radius 1 is 1.12 bits per heavy atom. The van der Waals surface area contributed by atoms with E-state index in [1.165, 1.54) is 24.5 Å². The molecule has 7 heteroatoms. The van der Waals surface area contributed by atoms with Crippen LogP contribution in [0.15, 0.2) is 66.7 Å². The summed E-state index contributed by atoms with van der Waals surface area (Å²) < 4.78 is 10.6. The summed E-state index contributed by atoms with van der Waals surface area (Å²) >= 11 is 7.84. The average Bonchev–Trinajstić information content (AvgIpc) is 3.21. The number of fused-ring (bicyclic) bond motifs is 1. The molecule has 0 spiro atoms. The highest BCUT2D eigenvalue weighted by Crippen LogP contribution is 2.37. The summed E-state index contributed by atoms with van der Waals surface area (Å²) in [7, 11) is 1.38. The zero-order valence-corrected chi connectivity index (χ0v) is 19.1. The number of carbonyl (C=O) groups excluding carboxylic acids is 2. The maximum absolute atomic E-state index is 12.6. The molecule has 1 aliphatic rings. The standard InChI is InChI=1S/C25H22ClNO4S/c1-30-25(29)24(19-9-5-6-10-20(19)26)27-14-13-21-18(16-27)15-23(32-21)31-22(28)12-11-17-7-3-2-4-8-17/h2-12,15,24H,13-14,16H2,1H3/b12-11+/t24-/m0/s1. The molecule has 1 aromatic heterocycles. The monoisotopic (exact) mass is 467 g/mol. The maximum atomic E-state index is 12.6. The smallest absolute Gasteiger partial charge is 0.336 e. The number of carbonyl (C=O) groups is 2. The molecule has 1 atom stereocenters. The fraction of sp³-hybridized carbons (Fsp3) is 0.200. The first-order valence-corrected chi connectivity index (χ1v) is 11.4. The molecule has 4 rings (SSSR count). The van der Waals surface area contributed by atoms with Gasteiger partial charge in [0.2, 0.25) is 0 Å². The van der Waals surface area contributed by atoms with Crippen LogP contribution < -0.4 is 4.74 Å². The Hall–Kier alpha value is -2.93. The van der Waals surface area contributed by atoms with Crippen LogP contribution in [0.4, 0.5) is 0 Å². The van der Waals surface area contributed by atoms with Gasteiger partial charge in [-0.3, -0.25) is 4.90 Å². The van der Waals surface area contributed by atoms with Crippen LogP contribution in [0.1, 0.15) is 27.6 Å². The van der Waals surface area contributed by atoms with Gasteiger partial charge in [0.05, 0.1) is 7.11 Å². The summed E-state index contributed by atoms with van der Waals surface area (Å²) in [6.07, 6.45) is 3.89. The van der Waals surface area contributed by atoms with Crippen molar-refractivity contribution in [2.45, 2.75) is 19.0 Å². The number of esters is 2. The number of methoxy groups -OCH3 is 1. The summed E-state index contributed by atoms with van der Waals surface area (Å²) in [5, 5.41) is 1.07. The number of benzene rings is 2. The van der Waals surface area contributed by atoms with Crippen LogP contribution in [0, 0.1) is 0 Å². The molecule has 32 heavy (non-hydrogen) atoms. The third-order valence-corrected chi connectivity index (χ3v) is 6.73. The average molecular weight is 468 g/mol. The van der Waals surface area contributed by atoms with Crippen LogP contribution in [-0.2, 0) is 27.3 Å². The Kier molecular flexibility index (Phi) is 7.05. The van der Waals surface area contributed by atoms with E-state index < -0.39 is 12.0 Å². The lowest BCUT2D eigenvalue weighted by atomic mass is 10.0. The molecule has 0 bridgehead atoms. The van der Waals surface area contributed by atoms with Gasteiger partial charge in [0.25, 0.3) is 0 Å². The highest BCUT2D eigenvalue weighted by atomic mass is 35.5. The highest BCUT2D eigenvalue weighted by molar-refractivity contribution is 7.14. The summed E-state index contributed by atoms with van der Waals surface area (Å²) in [6, 6.07) is 18.2. The fourth-order valence-corrected chi connectivity index (χ4v) is 5.00. The second kappa shape index (κ2) is 10.1. The number of halogens is 1. The number of nitrogens with zero attached hydrogens (tertiary/aromatic N) is 1. The largest absolute Gasteiger partial charge is 0.468 e. The normalized spacial score (nSPS) is 14.7. The van der Waals surface area contributed by atoms with E-state index in [0.29, 0.717) is 23.2 Å². The quantitative estimate of drug-likeness (QED) is 0.364. The molecule has 2 heterocycles. The van der Waals surface area contributed by atoms with Crippen LogP contribution >= 0.6 is 22.9 Å². The van der Waals surface area contributed by atoms with Crippen molar-refractivity contribution in [2.24, 2.45) is 0 Å². The third kappa shape index (κ3) is 5.10. The van der Waals surface area contributed by atoms with Gasteiger partial charge < -0.3 is 9.47 Å². The minimum Gasteiger partial charge on any atom is -0.468 e. The van der Waals surface area contributed by atoms with Gasteiger partial charge in [-0.1, -0.05) is 60.1 Å². The van der Waals surface area contributed by atoms with Crippen molar-refractivity contribution >= 4 is 41.0 Å². The van der Waals surface area contributed by atoms with Gasteiger partial charge in [0.15, 0.2) is 5.06 Å². The van der Waals surface area contributed by atoms with Crippen LogP contribution in [0.3, 0.4) is 0 Å². The van der Waals surface area contributed by atoms with Crippen molar-refractivity contribution in [1.29, 1.82) is 0 Å². The molecule has 0 N–H and O–H groups in total. The predicted molar refractivity (Wildman–Crippen MR) is 126 cm³/mol. The molecule has 2 aromatic carbocycles. The van der Waals surface area contributed by atoms with Gasteiger partial charge in [-0.25, -0.2) is 9.59 Å². The molecule has 0 unspecified atom stereocenters. The van der Waals surface area contributed by atoms with Crippen LogP contribution in [-0.4, -0.2) is 30.5 Å². The second-order valence-corrected chi connectivity index (χ2v) is 8.85. The highest BCUT2D eigenvalue weighted by Gasteiger charge is 2.33. The number of ether oxygens (including phenoxy) is 2. The summed E-state index contributed by atoms with van der Waals surface area (Å²) in [5.41, 5.74) is 2.69. The minimum atomic E-state index is -0.596. The number of thiophene rings is 1. The van der Waals surface area contributed by atoms with E-state index >= 15 is 0 Å². The molecule has 5 nitrogen and oxygen atoms in total. The van der Waals surface area contributed by atoms with Gasteiger partial charge in [0.1, 0.15) is 6.04 Å². The maximum Gasteiger partial charge on any atom is 0.336 e. The van der Waals surface area contributed by atoms with E-state index in [4.69, 9.17) is 21.1 Å². The Morgan fingerprint density at radius 2 is 1.88 bits per heavy atom. The van der Waals surface area contributed by atoms with Gasteiger partial charge in [-0.2, -0.15) is 0 Å². The summed E-state index contributed by atoms with van der Waals surface area (Å²) in [6.45, 7) is 1.20. The molecule has 0 saturated heterocycles. The van der Waals surface area contributed by atoms with Crippen molar-refractivity contribution in [3.8, 4) is 5.06 Å². The number of hydrogen-bond donors (Lipinski definition) is 0. The van der Waals surface area contributed by atoms with E-state index in [2.05, 4.69) is 0 Å². The summed E-state index contributed by atoms with van der Waals surface area (Å²) in [5.74, 6) is -0.776. The first-order valence-electron chi connectivity index (χ1n) is 10.2. The van der Waals surface area contributed by atoms with Gasteiger partial charge in [-0.15, -0.1) is 11.3 Å². The Labute approximate surface area is 195 Å². The zero-order valence-electron chi connectivity index (χ0n) is 17.5. The third-order valence-electron chi connectivity index (χ3n) is 5.28. The van der Waals surface area contributed by atoms with Crippen molar-refractivity contribution in [3.05, 3.63) is 93.3 Å². The Morgan fingerprint density at radius 3 is 2.62 bits per heavy atom. The first-order chi connectivity index (χ1) is 15.5. The van der Waals surface area contributed by atoms with E-state index in [9.17, 15) is 9.59 Å². The molecular formula is C25H22ClNO4S. The SMILES string of the molecule is COC(=O)[C@H](c1ccccc1Cl)N1CCc2sc(OC(=O)/C=C/c3ccccc3)cc2C1.